The second-order valence-electron chi connectivity index (χ2n) is 2.07. The molecule has 0 unspecified atom stereocenters. The lowest BCUT2D eigenvalue weighted by Crippen LogP contribution is -2.30. The molecule has 0 aromatic rings. The van der Waals surface area contributed by atoms with Crippen LogP contribution in [-0.2, 0) is 4.79 Å². The van der Waals surface area contributed by atoms with E-state index >= 15 is 0 Å². The first-order valence-electron chi connectivity index (χ1n) is 3.00. The monoisotopic (exact) mass is 159 g/mol. The highest BCUT2D eigenvalue weighted by atomic mass is 32.2. The van der Waals surface area contributed by atoms with Gasteiger partial charge in [-0.25, -0.2) is 0 Å². The molecule has 0 fully saturated rings. The number of carboxylic acids is 1. The quantitative estimate of drug-likeness (QED) is 0.640. The zero-order chi connectivity index (χ0) is 7.40. The highest BCUT2D eigenvalue weighted by Crippen LogP contribution is 2.10. The van der Waals surface area contributed by atoms with E-state index in [9.17, 15) is 4.79 Å². The number of aliphatic carboxylic acids is 1. The number of hydrogen-bond acceptors (Lipinski definition) is 3. The highest BCUT2D eigenvalue weighted by Gasteiger charge is 2.08. The SMILES string of the molecule is O=C(O)CN1CC=CSC1. The third-order valence-corrected chi connectivity index (χ3v) is 2.07. The van der Waals surface area contributed by atoms with Crippen molar-refractivity contribution in [3.05, 3.63) is 11.5 Å². The van der Waals surface area contributed by atoms with Crippen LogP contribution in [0.3, 0.4) is 0 Å². The Bertz CT molecular complexity index is 158. The van der Waals surface area contributed by atoms with Crippen LogP contribution in [0.5, 0.6) is 0 Å². The molecular weight excluding hydrogens is 150 g/mol. The molecule has 1 heterocycles. The summed E-state index contributed by atoms with van der Waals surface area (Å²) in [6.45, 7) is 0.913. The third kappa shape index (κ3) is 2.41. The van der Waals surface area contributed by atoms with Gasteiger partial charge in [-0.3, -0.25) is 9.69 Å². The van der Waals surface area contributed by atoms with Crippen molar-refractivity contribution >= 4 is 17.7 Å². The van der Waals surface area contributed by atoms with Crippen molar-refractivity contribution in [2.45, 2.75) is 0 Å². The normalized spacial score (nSPS) is 19.2. The van der Waals surface area contributed by atoms with Crippen molar-refractivity contribution in [1.82, 2.24) is 4.90 Å². The van der Waals surface area contributed by atoms with Gasteiger partial charge >= 0.3 is 5.97 Å². The zero-order valence-corrected chi connectivity index (χ0v) is 6.30. The lowest BCUT2D eigenvalue weighted by atomic mass is 10.5. The third-order valence-electron chi connectivity index (χ3n) is 1.17. The molecule has 1 rings (SSSR count). The average Bonchev–Trinajstić information content (AvgIpc) is 1.88. The number of carbonyl (C=O) groups is 1. The summed E-state index contributed by atoms with van der Waals surface area (Å²) in [5.41, 5.74) is 0. The number of nitrogens with zero attached hydrogens (tertiary/aromatic N) is 1. The first kappa shape index (κ1) is 7.63. The maximum atomic E-state index is 10.2. The molecule has 0 bridgehead atoms. The van der Waals surface area contributed by atoms with Crippen molar-refractivity contribution in [2.75, 3.05) is 19.0 Å². The smallest absolute Gasteiger partial charge is 0.317 e. The van der Waals surface area contributed by atoms with Gasteiger partial charge in [0.1, 0.15) is 0 Å². The van der Waals surface area contributed by atoms with Crippen LogP contribution in [0.25, 0.3) is 0 Å². The molecule has 0 amide bonds. The van der Waals surface area contributed by atoms with Crippen LogP contribution < -0.4 is 0 Å². The van der Waals surface area contributed by atoms with Gasteiger partial charge < -0.3 is 5.11 Å². The number of carboxylic acid groups (broad SMARTS) is 1. The Balaban J connectivity index is 2.28. The van der Waals surface area contributed by atoms with Gasteiger partial charge in [-0.2, -0.15) is 0 Å². The summed E-state index contributed by atoms with van der Waals surface area (Å²) in [5, 5.41) is 10.4. The number of rotatable bonds is 2. The molecule has 0 atom stereocenters. The van der Waals surface area contributed by atoms with Crippen molar-refractivity contribution in [1.29, 1.82) is 0 Å². The maximum absolute atomic E-state index is 10.2. The molecule has 10 heavy (non-hydrogen) atoms. The molecule has 0 aromatic carbocycles. The van der Waals surface area contributed by atoms with Crippen LogP contribution in [-0.4, -0.2) is 34.9 Å². The maximum Gasteiger partial charge on any atom is 0.317 e. The molecule has 0 saturated carbocycles. The largest absolute Gasteiger partial charge is 0.480 e. The van der Waals surface area contributed by atoms with Crippen LogP contribution in [0.4, 0.5) is 0 Å². The van der Waals surface area contributed by atoms with Crippen molar-refractivity contribution in [3.63, 3.8) is 0 Å². The van der Waals surface area contributed by atoms with Crippen LogP contribution in [0.2, 0.25) is 0 Å². The summed E-state index contributed by atoms with van der Waals surface area (Å²) in [6, 6.07) is 0. The fraction of sp³-hybridized carbons (Fsp3) is 0.500. The lowest BCUT2D eigenvalue weighted by Gasteiger charge is -2.19. The summed E-state index contributed by atoms with van der Waals surface area (Å²) in [7, 11) is 0. The summed E-state index contributed by atoms with van der Waals surface area (Å²) < 4.78 is 0. The van der Waals surface area contributed by atoms with Gasteiger partial charge in [0, 0.05) is 12.4 Å². The molecule has 0 saturated heterocycles. The molecule has 4 heteroatoms. The van der Waals surface area contributed by atoms with E-state index in [0.29, 0.717) is 0 Å². The minimum Gasteiger partial charge on any atom is -0.480 e. The molecule has 1 N–H and O–H groups in total. The van der Waals surface area contributed by atoms with E-state index in [1.165, 1.54) is 0 Å². The van der Waals surface area contributed by atoms with E-state index < -0.39 is 5.97 Å². The molecule has 0 spiro atoms. The van der Waals surface area contributed by atoms with Gasteiger partial charge in [0.15, 0.2) is 0 Å². The Kier molecular flexibility index (Phi) is 2.77. The standard InChI is InChI=1S/C6H9NO2S/c8-6(9)4-7-2-1-3-10-5-7/h1,3H,2,4-5H2,(H,8,9). The Labute approximate surface area is 63.7 Å². The van der Waals surface area contributed by atoms with E-state index in [0.717, 1.165) is 12.4 Å². The van der Waals surface area contributed by atoms with Gasteiger partial charge in [0.05, 0.1) is 6.54 Å². The van der Waals surface area contributed by atoms with Gasteiger partial charge in [-0.15, -0.1) is 11.8 Å². The number of thioether (sulfide) groups is 1. The Morgan fingerprint density at radius 3 is 3.10 bits per heavy atom. The van der Waals surface area contributed by atoms with E-state index in [1.54, 1.807) is 11.8 Å². The molecule has 0 aromatic heterocycles. The first-order chi connectivity index (χ1) is 4.79. The number of hydrogen-bond donors (Lipinski definition) is 1. The van der Waals surface area contributed by atoms with Crippen molar-refractivity contribution in [2.24, 2.45) is 0 Å². The Hall–Kier alpha value is -0.480. The molecule has 3 nitrogen and oxygen atoms in total. The van der Waals surface area contributed by atoms with E-state index in [4.69, 9.17) is 5.11 Å². The molecular formula is C6H9NO2S. The van der Waals surface area contributed by atoms with Gasteiger partial charge in [0.2, 0.25) is 0 Å². The predicted octanol–water partition coefficient (Wildman–Crippen LogP) is 0.591. The zero-order valence-electron chi connectivity index (χ0n) is 5.49. The van der Waals surface area contributed by atoms with Gasteiger partial charge in [-0.05, 0) is 5.41 Å². The topological polar surface area (TPSA) is 40.5 Å². The van der Waals surface area contributed by atoms with Crippen molar-refractivity contribution in [3.8, 4) is 0 Å². The van der Waals surface area contributed by atoms with Crippen LogP contribution in [0.1, 0.15) is 0 Å². The summed E-state index contributed by atoms with van der Waals surface area (Å²) in [5.74, 6) is 0.0406. The molecule has 1 aliphatic rings. The first-order valence-corrected chi connectivity index (χ1v) is 4.04. The molecule has 0 aliphatic carbocycles. The molecule has 56 valence electrons. The highest BCUT2D eigenvalue weighted by molar-refractivity contribution is 8.02. The minimum absolute atomic E-state index is 0.150. The fourth-order valence-corrected chi connectivity index (χ4v) is 1.48. The molecule has 1 aliphatic heterocycles. The van der Waals surface area contributed by atoms with Gasteiger partial charge in [0.25, 0.3) is 0 Å². The average molecular weight is 159 g/mol. The van der Waals surface area contributed by atoms with Crippen LogP contribution in [0, 0.1) is 0 Å². The van der Waals surface area contributed by atoms with Crippen LogP contribution in [0.15, 0.2) is 11.5 Å². The van der Waals surface area contributed by atoms with Crippen molar-refractivity contribution < 1.29 is 9.90 Å². The summed E-state index contributed by atoms with van der Waals surface area (Å²) in [4.78, 5) is 12.1. The fourth-order valence-electron chi connectivity index (χ4n) is 0.763. The van der Waals surface area contributed by atoms with E-state index in [1.807, 2.05) is 16.4 Å². The second-order valence-corrected chi connectivity index (χ2v) is 2.94. The Morgan fingerprint density at radius 2 is 2.60 bits per heavy atom. The predicted molar refractivity (Wildman–Crippen MR) is 40.8 cm³/mol. The minimum atomic E-state index is -0.754. The van der Waals surface area contributed by atoms with Crippen LogP contribution >= 0.6 is 11.8 Å². The van der Waals surface area contributed by atoms with E-state index in [-0.39, 0.29) is 6.54 Å². The second kappa shape index (κ2) is 3.63. The van der Waals surface area contributed by atoms with Gasteiger partial charge in [-0.1, -0.05) is 6.08 Å². The van der Waals surface area contributed by atoms with E-state index in [2.05, 4.69) is 0 Å². The summed E-state index contributed by atoms with van der Waals surface area (Å²) >= 11 is 1.63. The summed E-state index contributed by atoms with van der Waals surface area (Å²) in [6.07, 6.45) is 1.97. The lowest BCUT2D eigenvalue weighted by molar-refractivity contribution is -0.137. The molecule has 0 radical (unpaired) electrons. The Morgan fingerprint density at radius 1 is 1.80 bits per heavy atom.